The molecular formula is C7H14I2N2O. The lowest BCUT2D eigenvalue weighted by atomic mass is 10.3. The predicted octanol–water partition coefficient (Wildman–Crippen LogP) is 1.71. The largest absolute Gasteiger partial charge is 0.376 e. The van der Waals surface area contributed by atoms with Gasteiger partial charge in [0.2, 0.25) is 0 Å². The highest BCUT2D eigenvalue weighted by molar-refractivity contribution is 14.1. The molecule has 0 bridgehead atoms. The predicted molar refractivity (Wildman–Crippen MR) is 66.6 cm³/mol. The maximum absolute atomic E-state index is 5.61. The Morgan fingerprint density at radius 1 is 1.25 bits per heavy atom. The van der Waals surface area contributed by atoms with Crippen LogP contribution in [0.25, 0.3) is 0 Å². The molecule has 0 aromatic rings. The second kappa shape index (κ2) is 5.94. The van der Waals surface area contributed by atoms with Crippen molar-refractivity contribution < 1.29 is 4.74 Å². The first-order chi connectivity index (χ1) is 5.72. The molecule has 0 spiro atoms. The van der Waals surface area contributed by atoms with Crippen molar-refractivity contribution in [2.45, 2.75) is 13.0 Å². The summed E-state index contributed by atoms with van der Waals surface area (Å²) in [5.74, 6) is 0. The molecular weight excluding hydrogens is 382 g/mol. The van der Waals surface area contributed by atoms with Crippen LogP contribution in [0, 0.1) is 0 Å². The van der Waals surface area contributed by atoms with E-state index in [2.05, 4.69) is 58.9 Å². The third-order valence-electron chi connectivity index (χ3n) is 1.79. The van der Waals surface area contributed by atoms with E-state index in [1.165, 1.54) is 0 Å². The third kappa shape index (κ3) is 4.03. The fraction of sp³-hybridized carbons (Fsp3) is 1.00. The average Bonchev–Trinajstić information content (AvgIpc) is 2.14. The van der Waals surface area contributed by atoms with Crippen LogP contribution in [0.15, 0.2) is 0 Å². The van der Waals surface area contributed by atoms with Gasteiger partial charge in [-0.3, -0.25) is 0 Å². The zero-order valence-electron chi connectivity index (χ0n) is 7.17. The highest BCUT2D eigenvalue weighted by Crippen LogP contribution is 2.13. The Morgan fingerprint density at radius 3 is 2.17 bits per heavy atom. The van der Waals surface area contributed by atoms with E-state index in [0.717, 1.165) is 32.8 Å². The number of rotatable bonds is 2. The van der Waals surface area contributed by atoms with Crippen LogP contribution < -0.4 is 0 Å². The second-order valence-corrected chi connectivity index (χ2v) is 5.54. The van der Waals surface area contributed by atoms with Crippen molar-refractivity contribution in [3.63, 3.8) is 0 Å². The molecule has 1 fully saturated rings. The summed E-state index contributed by atoms with van der Waals surface area (Å²) >= 11 is 4.74. The van der Waals surface area contributed by atoms with E-state index in [1.807, 2.05) is 0 Å². The van der Waals surface area contributed by atoms with Crippen molar-refractivity contribution in [2.24, 2.45) is 0 Å². The van der Waals surface area contributed by atoms with Gasteiger partial charge in [0.15, 0.2) is 0 Å². The van der Waals surface area contributed by atoms with E-state index in [1.54, 1.807) is 0 Å². The van der Waals surface area contributed by atoms with Crippen molar-refractivity contribution in [3.8, 4) is 0 Å². The molecule has 3 nitrogen and oxygen atoms in total. The molecule has 5 heteroatoms. The van der Waals surface area contributed by atoms with Gasteiger partial charge in [-0.1, -0.05) is 0 Å². The highest BCUT2D eigenvalue weighted by Gasteiger charge is 2.19. The second-order valence-electron chi connectivity index (χ2n) is 2.82. The fourth-order valence-electron chi connectivity index (χ4n) is 1.24. The molecule has 1 aliphatic heterocycles. The lowest BCUT2D eigenvalue weighted by Gasteiger charge is -2.18. The van der Waals surface area contributed by atoms with E-state index >= 15 is 0 Å². The molecule has 0 aromatic carbocycles. The molecule has 0 aromatic heterocycles. The molecule has 1 rings (SSSR count). The number of ether oxygens (including phenoxy) is 1. The van der Waals surface area contributed by atoms with Crippen LogP contribution in [-0.4, -0.2) is 45.1 Å². The fourth-order valence-corrected chi connectivity index (χ4v) is 2.55. The zero-order chi connectivity index (χ0) is 8.97. The third-order valence-corrected chi connectivity index (χ3v) is 3.54. The van der Waals surface area contributed by atoms with Gasteiger partial charge in [0.25, 0.3) is 0 Å². The van der Waals surface area contributed by atoms with Crippen molar-refractivity contribution in [1.29, 1.82) is 0 Å². The Hall–Kier alpha value is 1.34. The van der Waals surface area contributed by atoms with Gasteiger partial charge in [0.1, 0.15) is 0 Å². The number of hydrogen-bond acceptors (Lipinski definition) is 3. The Bertz CT molecular complexity index is 125. The zero-order valence-corrected chi connectivity index (χ0v) is 11.5. The topological polar surface area (TPSA) is 15.7 Å². The molecule has 12 heavy (non-hydrogen) atoms. The van der Waals surface area contributed by atoms with Crippen LogP contribution >= 0.6 is 45.7 Å². The maximum atomic E-state index is 5.61. The minimum atomic E-state index is 0.381. The first-order valence-electron chi connectivity index (χ1n) is 4.15. The molecule has 0 atom stereocenters. The van der Waals surface area contributed by atoms with Crippen molar-refractivity contribution in [3.05, 3.63) is 0 Å². The first kappa shape index (κ1) is 11.4. The van der Waals surface area contributed by atoms with Crippen molar-refractivity contribution in [1.82, 2.24) is 6.23 Å². The standard InChI is InChI=1S/C7H14I2N2O/c1-2-12-7-5-10(8)3-4-11(9)6-7/h7H,2-6H2,1H3. The molecule has 0 amide bonds. The smallest absolute Gasteiger partial charge is 0.0844 e. The lowest BCUT2D eigenvalue weighted by Crippen LogP contribution is -2.30. The minimum Gasteiger partial charge on any atom is -0.376 e. The van der Waals surface area contributed by atoms with Crippen LogP contribution in [0.4, 0.5) is 0 Å². The Kier molecular flexibility index (Phi) is 5.65. The summed E-state index contributed by atoms with van der Waals surface area (Å²) in [4.78, 5) is 0. The van der Waals surface area contributed by atoms with Gasteiger partial charge in [0.05, 0.1) is 6.10 Å². The Balaban J connectivity index is 2.38. The van der Waals surface area contributed by atoms with E-state index in [-0.39, 0.29) is 0 Å². The van der Waals surface area contributed by atoms with E-state index < -0.39 is 0 Å². The summed E-state index contributed by atoms with van der Waals surface area (Å²) in [7, 11) is 0. The van der Waals surface area contributed by atoms with Gasteiger partial charge in [0, 0.05) is 78.5 Å². The number of halogens is 2. The van der Waals surface area contributed by atoms with Crippen molar-refractivity contribution >= 4 is 45.7 Å². The monoisotopic (exact) mass is 396 g/mol. The molecule has 1 heterocycles. The van der Waals surface area contributed by atoms with E-state index in [9.17, 15) is 0 Å². The van der Waals surface area contributed by atoms with Crippen LogP contribution in [0.5, 0.6) is 0 Å². The van der Waals surface area contributed by atoms with Crippen LogP contribution in [0.3, 0.4) is 0 Å². The Morgan fingerprint density at radius 2 is 1.75 bits per heavy atom. The molecule has 0 radical (unpaired) electrons. The molecule has 0 saturated carbocycles. The number of hydrogen-bond donors (Lipinski definition) is 0. The first-order valence-corrected chi connectivity index (χ1v) is 6.08. The lowest BCUT2D eigenvalue weighted by molar-refractivity contribution is 0.0544. The van der Waals surface area contributed by atoms with Crippen LogP contribution in [0.1, 0.15) is 6.92 Å². The van der Waals surface area contributed by atoms with Gasteiger partial charge < -0.3 is 4.74 Å². The van der Waals surface area contributed by atoms with Crippen molar-refractivity contribution in [2.75, 3.05) is 32.8 Å². The van der Waals surface area contributed by atoms with Crippen LogP contribution in [0.2, 0.25) is 0 Å². The molecule has 0 unspecified atom stereocenters. The van der Waals surface area contributed by atoms with Gasteiger partial charge in [-0.05, 0) is 6.92 Å². The van der Waals surface area contributed by atoms with Gasteiger partial charge in [-0.15, -0.1) is 0 Å². The van der Waals surface area contributed by atoms with E-state index in [4.69, 9.17) is 4.74 Å². The molecule has 1 saturated heterocycles. The molecule has 0 N–H and O–H groups in total. The summed E-state index contributed by atoms with van der Waals surface area (Å²) in [6, 6.07) is 0. The summed E-state index contributed by atoms with van der Waals surface area (Å²) in [5, 5.41) is 0. The van der Waals surface area contributed by atoms with Gasteiger partial charge >= 0.3 is 0 Å². The summed E-state index contributed by atoms with van der Waals surface area (Å²) < 4.78 is 10.2. The molecule has 1 aliphatic rings. The van der Waals surface area contributed by atoms with Gasteiger partial charge in [-0.2, -0.15) is 0 Å². The molecule has 0 aliphatic carbocycles. The minimum absolute atomic E-state index is 0.381. The average molecular weight is 396 g/mol. The summed E-state index contributed by atoms with van der Waals surface area (Å²) in [6.07, 6.45) is 0.381. The van der Waals surface area contributed by atoms with E-state index in [0.29, 0.717) is 6.10 Å². The quantitative estimate of drug-likeness (QED) is 0.523. The Labute approximate surface area is 102 Å². The summed E-state index contributed by atoms with van der Waals surface area (Å²) in [6.45, 7) is 7.24. The van der Waals surface area contributed by atoms with Gasteiger partial charge in [-0.25, -0.2) is 6.23 Å². The highest BCUT2D eigenvalue weighted by atomic mass is 127. The normalized spacial score (nSPS) is 24.2. The molecule has 72 valence electrons. The SMILES string of the molecule is CCOC1CN(I)CCN(I)C1. The number of nitrogens with zero attached hydrogens (tertiary/aromatic N) is 2. The summed E-state index contributed by atoms with van der Waals surface area (Å²) in [5.41, 5.74) is 0. The van der Waals surface area contributed by atoms with Crippen LogP contribution in [-0.2, 0) is 4.74 Å². The maximum Gasteiger partial charge on any atom is 0.0844 e.